The van der Waals surface area contributed by atoms with Gasteiger partial charge in [-0.2, -0.15) is 0 Å². The third-order valence-corrected chi connectivity index (χ3v) is 4.70. The van der Waals surface area contributed by atoms with Crippen LogP contribution in [0.1, 0.15) is 70.7 Å². The van der Waals surface area contributed by atoms with Gasteiger partial charge in [-0.1, -0.05) is 66.7 Å². The number of hydrogen-bond donors (Lipinski definition) is 1. The van der Waals surface area contributed by atoms with Crippen LogP contribution in [-0.2, 0) is 23.8 Å². The summed E-state index contributed by atoms with van der Waals surface area (Å²) in [7, 11) is 0. The molecule has 0 unspecified atom stereocenters. The van der Waals surface area contributed by atoms with Crippen molar-refractivity contribution in [3.05, 3.63) is 58.7 Å². The van der Waals surface area contributed by atoms with Gasteiger partial charge in [0.15, 0.2) is 0 Å². The minimum absolute atomic E-state index is 0.0554. The zero-order valence-corrected chi connectivity index (χ0v) is 16.4. The standard InChI is InChI=1S/C23H32N/c1-8-16-11-9-12-17(15-24)20(16)21-18(22(2,3)4)13-10-14-19(21)23(5,6)7/h9,11-14H,8,15,24H2,1-7H3. The fourth-order valence-electron chi connectivity index (χ4n) is 3.39. The molecule has 2 N–H and O–H groups in total. The first kappa shape index (κ1) is 18.7. The third-order valence-electron chi connectivity index (χ3n) is 4.70. The van der Waals surface area contributed by atoms with E-state index in [4.69, 9.17) is 5.73 Å². The number of rotatable bonds is 3. The topological polar surface area (TPSA) is 26.0 Å². The highest BCUT2D eigenvalue weighted by atomic mass is 14.5. The van der Waals surface area contributed by atoms with E-state index in [9.17, 15) is 0 Å². The molecule has 1 heteroatoms. The molecule has 0 aromatic heterocycles. The van der Waals surface area contributed by atoms with E-state index in [2.05, 4.69) is 84.9 Å². The molecular formula is C23H32N. The number of hydrogen-bond acceptors (Lipinski definition) is 1. The molecule has 1 nitrogen and oxygen atoms in total. The lowest BCUT2D eigenvalue weighted by atomic mass is 9.73. The molecule has 2 rings (SSSR count). The average Bonchev–Trinajstić information content (AvgIpc) is 2.51. The first-order valence-corrected chi connectivity index (χ1v) is 8.97. The van der Waals surface area contributed by atoms with Crippen LogP contribution in [0.15, 0.2) is 30.3 Å². The molecule has 0 spiro atoms. The van der Waals surface area contributed by atoms with Gasteiger partial charge in [0.1, 0.15) is 0 Å². The Balaban J connectivity index is 2.98. The smallest absolute Gasteiger partial charge is 0.0184 e. The minimum atomic E-state index is 0.0554. The highest BCUT2D eigenvalue weighted by molar-refractivity contribution is 5.79. The van der Waals surface area contributed by atoms with Crippen molar-refractivity contribution in [2.45, 2.75) is 72.3 Å². The second-order valence-corrected chi connectivity index (χ2v) is 8.67. The molecule has 0 aliphatic heterocycles. The van der Waals surface area contributed by atoms with E-state index in [0.717, 1.165) is 6.42 Å². The monoisotopic (exact) mass is 322 g/mol. The third kappa shape index (κ3) is 3.57. The Morgan fingerprint density at radius 3 is 1.75 bits per heavy atom. The van der Waals surface area contributed by atoms with Crippen molar-refractivity contribution < 1.29 is 0 Å². The first-order valence-electron chi connectivity index (χ1n) is 8.97. The van der Waals surface area contributed by atoms with Crippen LogP contribution >= 0.6 is 0 Å². The van der Waals surface area contributed by atoms with Crippen molar-refractivity contribution >= 4 is 0 Å². The summed E-state index contributed by atoms with van der Waals surface area (Å²) < 4.78 is 0. The number of aryl methyl sites for hydroxylation is 1. The van der Waals surface area contributed by atoms with Crippen molar-refractivity contribution in [2.75, 3.05) is 0 Å². The summed E-state index contributed by atoms with van der Waals surface area (Å²) >= 11 is 0. The van der Waals surface area contributed by atoms with Gasteiger partial charge in [-0.15, -0.1) is 0 Å². The van der Waals surface area contributed by atoms with Crippen molar-refractivity contribution in [1.29, 1.82) is 0 Å². The van der Waals surface area contributed by atoms with E-state index >= 15 is 0 Å². The van der Waals surface area contributed by atoms with Crippen LogP contribution in [0.5, 0.6) is 0 Å². The van der Waals surface area contributed by atoms with E-state index < -0.39 is 0 Å². The quantitative estimate of drug-likeness (QED) is 0.762. The lowest BCUT2D eigenvalue weighted by Crippen LogP contribution is -2.20. The van der Waals surface area contributed by atoms with Crippen LogP contribution < -0.4 is 5.73 Å². The Labute approximate surface area is 148 Å². The zero-order valence-electron chi connectivity index (χ0n) is 16.4. The molecule has 0 atom stereocenters. The summed E-state index contributed by atoms with van der Waals surface area (Å²) in [6, 6.07) is 14.3. The maximum absolute atomic E-state index is 6.12. The van der Waals surface area contributed by atoms with E-state index in [1.165, 1.54) is 33.4 Å². The fraction of sp³-hybridized carbons (Fsp3) is 0.478. The SMILES string of the molecule is CCc1cccc(CN)c1-c1c(C(C)(C)C)c[c]cc1C(C)(C)C. The summed E-state index contributed by atoms with van der Waals surface area (Å²) in [5.74, 6) is 0. The normalized spacial score (nSPS) is 12.5. The molecule has 0 amide bonds. The van der Waals surface area contributed by atoms with Gasteiger partial charge in [-0.25, -0.2) is 0 Å². The predicted octanol–water partition coefficient (Wildman–Crippen LogP) is 5.77. The van der Waals surface area contributed by atoms with Gasteiger partial charge < -0.3 is 5.73 Å². The molecule has 129 valence electrons. The average molecular weight is 323 g/mol. The molecule has 2 aromatic carbocycles. The van der Waals surface area contributed by atoms with E-state index in [1.807, 2.05) is 0 Å². The molecule has 0 fully saturated rings. The molecule has 0 saturated carbocycles. The number of nitrogens with two attached hydrogens (primary N) is 1. The van der Waals surface area contributed by atoms with Gasteiger partial charge in [-0.05, 0) is 68.8 Å². The van der Waals surface area contributed by atoms with Crippen molar-refractivity contribution in [2.24, 2.45) is 5.73 Å². The molecule has 1 radical (unpaired) electrons. The fourth-order valence-corrected chi connectivity index (χ4v) is 3.39. The van der Waals surface area contributed by atoms with Crippen LogP contribution in [0.4, 0.5) is 0 Å². The van der Waals surface area contributed by atoms with Crippen LogP contribution in [-0.4, -0.2) is 0 Å². The van der Waals surface area contributed by atoms with Gasteiger partial charge >= 0.3 is 0 Å². The van der Waals surface area contributed by atoms with Crippen LogP contribution in [0.3, 0.4) is 0 Å². The molecule has 0 bridgehead atoms. The second kappa shape index (κ2) is 6.72. The Bertz CT molecular complexity index is 657. The van der Waals surface area contributed by atoms with Gasteiger partial charge in [0.25, 0.3) is 0 Å². The predicted molar refractivity (Wildman–Crippen MR) is 105 cm³/mol. The van der Waals surface area contributed by atoms with Gasteiger partial charge in [0, 0.05) is 6.54 Å². The lowest BCUT2D eigenvalue weighted by molar-refractivity contribution is 0.571. The van der Waals surface area contributed by atoms with E-state index in [-0.39, 0.29) is 10.8 Å². The largest absolute Gasteiger partial charge is 0.326 e. The van der Waals surface area contributed by atoms with Crippen molar-refractivity contribution in [1.82, 2.24) is 0 Å². The highest BCUT2D eigenvalue weighted by Gasteiger charge is 2.28. The Morgan fingerprint density at radius 1 is 0.833 bits per heavy atom. The van der Waals surface area contributed by atoms with Crippen LogP contribution in [0.25, 0.3) is 11.1 Å². The van der Waals surface area contributed by atoms with E-state index in [1.54, 1.807) is 0 Å². The Hall–Kier alpha value is -1.60. The molecule has 0 saturated heterocycles. The van der Waals surface area contributed by atoms with Crippen molar-refractivity contribution in [3.8, 4) is 11.1 Å². The van der Waals surface area contributed by atoms with Gasteiger partial charge in [-0.3, -0.25) is 0 Å². The summed E-state index contributed by atoms with van der Waals surface area (Å²) in [5, 5.41) is 0. The van der Waals surface area contributed by atoms with Crippen molar-refractivity contribution in [3.63, 3.8) is 0 Å². The number of benzene rings is 2. The van der Waals surface area contributed by atoms with Crippen LogP contribution in [0, 0.1) is 6.07 Å². The summed E-state index contributed by atoms with van der Waals surface area (Å²) in [5.41, 5.74) is 14.3. The molecule has 0 heterocycles. The Morgan fingerprint density at radius 2 is 1.33 bits per heavy atom. The maximum atomic E-state index is 6.12. The molecular weight excluding hydrogens is 290 g/mol. The van der Waals surface area contributed by atoms with Crippen LogP contribution in [0.2, 0.25) is 0 Å². The molecule has 24 heavy (non-hydrogen) atoms. The highest BCUT2D eigenvalue weighted by Crippen LogP contribution is 2.42. The molecule has 0 aliphatic carbocycles. The Kier molecular flexibility index (Phi) is 5.25. The second-order valence-electron chi connectivity index (χ2n) is 8.67. The van der Waals surface area contributed by atoms with Gasteiger partial charge in [0.05, 0.1) is 0 Å². The van der Waals surface area contributed by atoms with Gasteiger partial charge in [0.2, 0.25) is 0 Å². The summed E-state index contributed by atoms with van der Waals surface area (Å²) in [6.45, 7) is 16.5. The van der Waals surface area contributed by atoms with E-state index in [0.29, 0.717) is 6.54 Å². The zero-order chi connectivity index (χ0) is 18.1. The molecule has 0 aliphatic rings. The minimum Gasteiger partial charge on any atom is -0.326 e. The summed E-state index contributed by atoms with van der Waals surface area (Å²) in [6.07, 6.45) is 1.01. The maximum Gasteiger partial charge on any atom is 0.0184 e. The lowest BCUT2D eigenvalue weighted by Gasteiger charge is -2.31. The first-order chi connectivity index (χ1) is 11.1. The molecule has 2 aromatic rings. The summed E-state index contributed by atoms with van der Waals surface area (Å²) in [4.78, 5) is 0.